The number of anilines is 2. The standard InChI is InChI=1S/C23H26N8O/c1-13-9-19(29-31-12-16(4)27-22(13)31)28-23(32)17-5-6-18(21-20(17)24-7-8-25-21)30-10-14(2)26-15(3)11-30/h5-9,12,14-15,26H,10-11H2,1-4H3,(H,28,29,32). The minimum absolute atomic E-state index is 0.271. The van der Waals surface area contributed by atoms with Crippen LogP contribution in [0.3, 0.4) is 0 Å². The second-order valence-corrected chi connectivity index (χ2v) is 8.58. The highest BCUT2D eigenvalue weighted by Gasteiger charge is 2.24. The van der Waals surface area contributed by atoms with E-state index in [0.29, 0.717) is 29.0 Å². The van der Waals surface area contributed by atoms with E-state index in [1.807, 2.05) is 38.2 Å². The van der Waals surface area contributed by atoms with Crippen LogP contribution >= 0.6 is 0 Å². The average Bonchev–Trinajstić information content (AvgIpc) is 3.13. The maximum Gasteiger partial charge on any atom is 0.259 e. The normalized spacial score (nSPS) is 18.9. The quantitative estimate of drug-likeness (QED) is 0.515. The average molecular weight is 431 g/mol. The molecule has 9 nitrogen and oxygen atoms in total. The lowest BCUT2D eigenvalue weighted by Crippen LogP contribution is -2.54. The van der Waals surface area contributed by atoms with Gasteiger partial charge in [0, 0.05) is 37.6 Å². The topological polar surface area (TPSA) is 100 Å². The molecule has 1 saturated heterocycles. The van der Waals surface area contributed by atoms with Crippen molar-refractivity contribution in [2.24, 2.45) is 0 Å². The molecule has 2 unspecified atom stereocenters. The summed E-state index contributed by atoms with van der Waals surface area (Å²) in [6.07, 6.45) is 5.13. The number of aryl methyl sites for hydroxylation is 2. The van der Waals surface area contributed by atoms with E-state index in [4.69, 9.17) is 0 Å². The van der Waals surface area contributed by atoms with Gasteiger partial charge in [-0.25, -0.2) is 9.50 Å². The molecule has 1 aliphatic heterocycles. The monoisotopic (exact) mass is 430 g/mol. The molecule has 164 valence electrons. The molecule has 9 heteroatoms. The highest BCUT2D eigenvalue weighted by Crippen LogP contribution is 2.28. The van der Waals surface area contributed by atoms with E-state index in [-0.39, 0.29) is 5.91 Å². The van der Waals surface area contributed by atoms with Gasteiger partial charge in [-0.05, 0) is 51.5 Å². The number of fused-ring (bicyclic) bond motifs is 2. The molecule has 32 heavy (non-hydrogen) atoms. The van der Waals surface area contributed by atoms with Crippen LogP contribution in [0.1, 0.15) is 35.5 Å². The number of rotatable bonds is 3. The molecule has 2 atom stereocenters. The van der Waals surface area contributed by atoms with Crippen LogP contribution in [0.4, 0.5) is 11.5 Å². The predicted molar refractivity (Wildman–Crippen MR) is 124 cm³/mol. The van der Waals surface area contributed by atoms with Crippen molar-refractivity contribution in [3.05, 3.63) is 53.6 Å². The number of hydrogen-bond acceptors (Lipinski definition) is 7. The lowest BCUT2D eigenvalue weighted by atomic mass is 10.1. The Morgan fingerprint density at radius 3 is 2.56 bits per heavy atom. The Morgan fingerprint density at radius 1 is 1.09 bits per heavy atom. The lowest BCUT2D eigenvalue weighted by molar-refractivity contribution is 0.102. The molecule has 1 aliphatic rings. The van der Waals surface area contributed by atoms with Gasteiger partial charge in [0.05, 0.1) is 23.1 Å². The molecule has 2 N–H and O–H groups in total. The molecule has 0 saturated carbocycles. The van der Waals surface area contributed by atoms with Gasteiger partial charge in [-0.3, -0.25) is 14.8 Å². The van der Waals surface area contributed by atoms with E-state index >= 15 is 0 Å². The minimum Gasteiger partial charge on any atom is -0.367 e. The summed E-state index contributed by atoms with van der Waals surface area (Å²) in [6, 6.07) is 6.35. The molecule has 4 heterocycles. The van der Waals surface area contributed by atoms with Crippen LogP contribution in [0.2, 0.25) is 0 Å². The Kier molecular flexibility index (Phi) is 4.97. The van der Waals surface area contributed by atoms with Gasteiger partial charge in [-0.15, -0.1) is 5.10 Å². The minimum atomic E-state index is -0.271. The second-order valence-electron chi connectivity index (χ2n) is 8.58. The van der Waals surface area contributed by atoms with E-state index in [0.717, 1.165) is 41.2 Å². The number of carbonyl (C=O) groups excluding carboxylic acids is 1. The molecule has 0 radical (unpaired) electrons. The number of nitrogens with one attached hydrogen (secondary N) is 2. The zero-order valence-corrected chi connectivity index (χ0v) is 18.6. The zero-order chi connectivity index (χ0) is 22.4. The lowest BCUT2D eigenvalue weighted by Gasteiger charge is -2.38. The van der Waals surface area contributed by atoms with Crippen LogP contribution in [-0.2, 0) is 0 Å². The van der Waals surface area contributed by atoms with Crippen molar-refractivity contribution in [2.75, 3.05) is 23.3 Å². The second kappa shape index (κ2) is 7.83. The number of carbonyl (C=O) groups is 1. The van der Waals surface area contributed by atoms with E-state index in [9.17, 15) is 4.79 Å². The number of nitrogens with zero attached hydrogens (tertiary/aromatic N) is 6. The summed E-state index contributed by atoms with van der Waals surface area (Å²) in [5.41, 5.74) is 5.36. The highest BCUT2D eigenvalue weighted by molar-refractivity contribution is 6.12. The molecule has 1 fully saturated rings. The van der Waals surface area contributed by atoms with Crippen molar-refractivity contribution in [3.8, 4) is 0 Å². The van der Waals surface area contributed by atoms with Crippen LogP contribution in [0.15, 0.2) is 36.8 Å². The summed E-state index contributed by atoms with van der Waals surface area (Å²) in [7, 11) is 0. The van der Waals surface area contributed by atoms with Crippen LogP contribution < -0.4 is 15.5 Å². The number of amides is 1. The number of hydrogen-bond donors (Lipinski definition) is 2. The van der Waals surface area contributed by atoms with Crippen molar-refractivity contribution in [2.45, 2.75) is 39.8 Å². The molecular formula is C23H26N8O. The van der Waals surface area contributed by atoms with Gasteiger partial charge in [-0.1, -0.05) is 0 Å². The van der Waals surface area contributed by atoms with E-state index < -0.39 is 0 Å². The van der Waals surface area contributed by atoms with Gasteiger partial charge >= 0.3 is 0 Å². The van der Waals surface area contributed by atoms with Crippen molar-refractivity contribution in [1.29, 1.82) is 0 Å². The van der Waals surface area contributed by atoms with Crippen LogP contribution in [0, 0.1) is 13.8 Å². The summed E-state index contributed by atoms with van der Waals surface area (Å²) in [6.45, 7) is 9.95. The van der Waals surface area contributed by atoms with Gasteiger partial charge in [0.1, 0.15) is 11.0 Å². The van der Waals surface area contributed by atoms with Gasteiger partial charge in [-0.2, -0.15) is 0 Å². The molecule has 0 spiro atoms. The number of imidazole rings is 1. The third-order valence-corrected chi connectivity index (χ3v) is 5.72. The van der Waals surface area contributed by atoms with Crippen LogP contribution in [0.25, 0.3) is 16.7 Å². The molecule has 0 bridgehead atoms. The molecule has 3 aromatic heterocycles. The number of aromatic nitrogens is 5. The van der Waals surface area contributed by atoms with Crippen molar-refractivity contribution in [1.82, 2.24) is 29.9 Å². The van der Waals surface area contributed by atoms with Gasteiger partial charge in [0.25, 0.3) is 5.91 Å². The van der Waals surface area contributed by atoms with Gasteiger partial charge in [0.2, 0.25) is 0 Å². The van der Waals surface area contributed by atoms with Crippen LogP contribution in [0.5, 0.6) is 0 Å². The Balaban J connectivity index is 1.50. The first kappa shape index (κ1) is 20.3. The summed E-state index contributed by atoms with van der Waals surface area (Å²) in [4.78, 5) is 29.1. The van der Waals surface area contributed by atoms with E-state index in [2.05, 4.69) is 49.4 Å². The van der Waals surface area contributed by atoms with Gasteiger partial charge in [0.15, 0.2) is 11.5 Å². The fourth-order valence-electron chi connectivity index (χ4n) is 4.49. The Hall–Kier alpha value is -3.59. The molecule has 5 rings (SSSR count). The fourth-order valence-corrected chi connectivity index (χ4v) is 4.49. The largest absolute Gasteiger partial charge is 0.367 e. The molecule has 1 amide bonds. The van der Waals surface area contributed by atoms with E-state index in [1.165, 1.54) is 0 Å². The maximum atomic E-state index is 13.2. The SMILES string of the molecule is Cc1cn2nc(NC(=O)c3ccc(N4CC(C)NC(C)C4)c4nccnc34)cc(C)c2n1. The molecule has 4 aromatic rings. The van der Waals surface area contributed by atoms with Crippen molar-refractivity contribution >= 4 is 34.1 Å². The summed E-state index contributed by atoms with van der Waals surface area (Å²) >= 11 is 0. The fraction of sp³-hybridized carbons (Fsp3) is 0.348. The smallest absolute Gasteiger partial charge is 0.259 e. The Bertz CT molecular complexity index is 1320. The Morgan fingerprint density at radius 2 is 1.81 bits per heavy atom. The molecule has 1 aromatic carbocycles. The maximum absolute atomic E-state index is 13.2. The summed E-state index contributed by atoms with van der Waals surface area (Å²) in [5.74, 6) is 0.190. The van der Waals surface area contributed by atoms with Crippen molar-refractivity contribution in [3.63, 3.8) is 0 Å². The highest BCUT2D eigenvalue weighted by atomic mass is 16.1. The van der Waals surface area contributed by atoms with Crippen LogP contribution in [-0.4, -0.2) is 55.6 Å². The summed E-state index contributed by atoms with van der Waals surface area (Å²) in [5, 5.41) is 10.9. The number of benzene rings is 1. The first-order valence-electron chi connectivity index (χ1n) is 10.8. The first-order valence-corrected chi connectivity index (χ1v) is 10.8. The third-order valence-electron chi connectivity index (χ3n) is 5.72. The first-order chi connectivity index (χ1) is 15.4. The predicted octanol–water partition coefficient (Wildman–Crippen LogP) is 2.73. The van der Waals surface area contributed by atoms with E-state index in [1.54, 1.807) is 16.9 Å². The zero-order valence-electron chi connectivity index (χ0n) is 18.6. The molecular weight excluding hydrogens is 404 g/mol. The Labute approximate surface area is 185 Å². The van der Waals surface area contributed by atoms with Crippen molar-refractivity contribution < 1.29 is 4.79 Å². The number of piperazine rings is 1. The van der Waals surface area contributed by atoms with Gasteiger partial charge < -0.3 is 15.5 Å². The summed E-state index contributed by atoms with van der Waals surface area (Å²) < 4.78 is 1.69. The molecule has 0 aliphatic carbocycles. The third kappa shape index (κ3) is 3.64.